The van der Waals surface area contributed by atoms with Gasteiger partial charge in [-0.05, 0) is 17.7 Å². The monoisotopic (exact) mass is 483 g/mol. The fourth-order valence-electron chi connectivity index (χ4n) is 4.25. The molecule has 0 bridgehead atoms. The van der Waals surface area contributed by atoms with E-state index in [2.05, 4.69) is 25.0 Å². The number of methoxy groups -OCH3 is 3. The number of amides is 1. The van der Waals surface area contributed by atoms with Gasteiger partial charge in [-0.3, -0.25) is 9.69 Å². The van der Waals surface area contributed by atoms with E-state index in [-0.39, 0.29) is 24.7 Å². The summed E-state index contributed by atoms with van der Waals surface area (Å²) in [7, 11) is 4.88. The van der Waals surface area contributed by atoms with Crippen LogP contribution in [0.1, 0.15) is 22.8 Å². The maximum atomic E-state index is 13.4. The third-order valence-corrected chi connectivity index (χ3v) is 6.09. The molecular weight excluding hydrogens is 453 g/mol. The number of aromatic nitrogens is 3. The minimum atomic E-state index is -0.354. The molecule has 2 heterocycles. The first-order valence-electron chi connectivity index (χ1n) is 11.4. The van der Waals surface area contributed by atoms with Gasteiger partial charge in [-0.15, -0.1) is 10.2 Å². The Bertz CT molecular complexity index is 1160. The average Bonchev–Trinajstić information content (AvgIpc) is 3.14. The second-order valence-corrected chi connectivity index (χ2v) is 8.30. The van der Waals surface area contributed by atoms with Crippen molar-refractivity contribution in [1.29, 1.82) is 0 Å². The topological polar surface area (TPSA) is 90.7 Å². The number of carbonyl (C=O) groups is 1. The van der Waals surface area contributed by atoms with E-state index in [1.165, 1.54) is 12.1 Å². The van der Waals surface area contributed by atoms with Crippen LogP contribution in [0, 0.1) is 5.82 Å². The molecule has 0 fully saturated rings. The molecule has 2 aromatic carbocycles. The van der Waals surface area contributed by atoms with Crippen molar-refractivity contribution >= 4 is 5.91 Å². The largest absolute Gasteiger partial charge is 0.496 e. The molecule has 0 atom stereocenters. The summed E-state index contributed by atoms with van der Waals surface area (Å²) in [5.41, 5.74) is 1.58. The van der Waals surface area contributed by atoms with Crippen molar-refractivity contribution in [3.05, 3.63) is 65.0 Å². The third-order valence-electron chi connectivity index (χ3n) is 6.09. The molecule has 1 amide bonds. The van der Waals surface area contributed by atoms with Gasteiger partial charge in [0, 0.05) is 44.7 Å². The molecule has 10 heteroatoms. The van der Waals surface area contributed by atoms with Crippen molar-refractivity contribution < 1.29 is 23.4 Å². The van der Waals surface area contributed by atoms with Gasteiger partial charge in [-0.1, -0.05) is 12.1 Å². The van der Waals surface area contributed by atoms with Crippen molar-refractivity contribution in [3.8, 4) is 17.2 Å². The quantitative estimate of drug-likeness (QED) is 0.500. The van der Waals surface area contributed by atoms with Gasteiger partial charge >= 0.3 is 0 Å². The van der Waals surface area contributed by atoms with E-state index in [9.17, 15) is 9.18 Å². The highest BCUT2D eigenvalue weighted by atomic mass is 19.1. The molecule has 0 radical (unpaired) electrons. The SMILES string of the molecule is COc1cc(OC)c(CN2CCc3nnc(CNC(=O)Cc4cccc(F)c4)n3CC2)c(OC)c1. The van der Waals surface area contributed by atoms with Crippen molar-refractivity contribution in [1.82, 2.24) is 25.0 Å². The Morgan fingerprint density at radius 2 is 1.80 bits per heavy atom. The summed E-state index contributed by atoms with van der Waals surface area (Å²) in [5, 5.41) is 11.5. The number of nitrogens with one attached hydrogen (secondary N) is 1. The van der Waals surface area contributed by atoms with Crippen LogP contribution in [-0.2, 0) is 37.3 Å². The number of fused-ring (bicyclic) bond motifs is 1. The molecule has 1 aliphatic heterocycles. The lowest BCUT2D eigenvalue weighted by molar-refractivity contribution is -0.120. The number of hydrogen-bond acceptors (Lipinski definition) is 7. The summed E-state index contributed by atoms with van der Waals surface area (Å²) in [6, 6.07) is 9.76. The highest BCUT2D eigenvalue weighted by Gasteiger charge is 2.22. The van der Waals surface area contributed by atoms with Gasteiger partial charge in [0.15, 0.2) is 5.82 Å². The van der Waals surface area contributed by atoms with E-state index in [1.54, 1.807) is 33.5 Å². The number of halogens is 1. The van der Waals surface area contributed by atoms with Crippen LogP contribution in [-0.4, -0.2) is 60.0 Å². The Morgan fingerprint density at radius 1 is 1.03 bits per heavy atom. The molecule has 0 spiro atoms. The van der Waals surface area contributed by atoms with Gasteiger partial charge in [0.25, 0.3) is 0 Å². The summed E-state index contributed by atoms with van der Waals surface area (Å²) in [5.74, 6) is 3.14. The summed E-state index contributed by atoms with van der Waals surface area (Å²) in [6.45, 7) is 3.17. The Kier molecular flexibility index (Phi) is 7.81. The number of nitrogens with zero attached hydrogens (tertiary/aromatic N) is 4. The van der Waals surface area contributed by atoms with E-state index in [1.807, 2.05) is 12.1 Å². The Hall–Kier alpha value is -3.66. The first-order valence-corrected chi connectivity index (χ1v) is 11.4. The van der Waals surface area contributed by atoms with Gasteiger partial charge in [-0.2, -0.15) is 0 Å². The highest BCUT2D eigenvalue weighted by Crippen LogP contribution is 2.35. The zero-order chi connectivity index (χ0) is 24.8. The Morgan fingerprint density at radius 3 is 2.49 bits per heavy atom. The predicted molar refractivity (Wildman–Crippen MR) is 127 cm³/mol. The van der Waals surface area contributed by atoms with E-state index >= 15 is 0 Å². The molecule has 186 valence electrons. The zero-order valence-electron chi connectivity index (χ0n) is 20.2. The maximum absolute atomic E-state index is 13.4. The van der Waals surface area contributed by atoms with Crippen LogP contribution in [0.5, 0.6) is 17.2 Å². The highest BCUT2D eigenvalue weighted by molar-refractivity contribution is 5.78. The van der Waals surface area contributed by atoms with Gasteiger partial charge in [-0.25, -0.2) is 4.39 Å². The predicted octanol–water partition coefficient (Wildman–Crippen LogP) is 2.36. The molecule has 0 saturated carbocycles. The normalized spacial score (nSPS) is 13.6. The molecule has 1 aromatic heterocycles. The fourth-order valence-corrected chi connectivity index (χ4v) is 4.25. The minimum Gasteiger partial charge on any atom is -0.496 e. The van der Waals surface area contributed by atoms with Crippen molar-refractivity contribution in [2.75, 3.05) is 34.4 Å². The standard InChI is InChI=1S/C25H30FN5O4/c1-33-19-13-21(34-2)20(22(14-19)35-3)16-30-8-7-23-28-29-24(31(23)10-9-30)15-27-25(32)12-17-5-4-6-18(26)11-17/h4-6,11,13-14H,7-10,12,15-16H2,1-3H3,(H,27,32). The summed E-state index contributed by atoms with van der Waals surface area (Å²) in [4.78, 5) is 14.7. The second-order valence-electron chi connectivity index (χ2n) is 8.30. The molecule has 9 nitrogen and oxygen atoms in total. The molecule has 3 aromatic rings. The molecule has 0 saturated heterocycles. The van der Waals surface area contributed by atoms with Crippen LogP contribution in [0.4, 0.5) is 4.39 Å². The zero-order valence-corrected chi connectivity index (χ0v) is 20.2. The van der Waals surface area contributed by atoms with Crippen LogP contribution >= 0.6 is 0 Å². The number of hydrogen-bond donors (Lipinski definition) is 1. The van der Waals surface area contributed by atoms with Crippen LogP contribution in [0.2, 0.25) is 0 Å². The first kappa shape index (κ1) is 24.5. The number of ether oxygens (including phenoxy) is 3. The van der Waals surface area contributed by atoms with E-state index in [0.29, 0.717) is 41.7 Å². The number of rotatable bonds is 9. The molecule has 0 unspecified atom stereocenters. The Labute approximate surface area is 203 Å². The number of carbonyl (C=O) groups excluding carboxylic acids is 1. The second kappa shape index (κ2) is 11.2. The molecule has 1 N–H and O–H groups in total. The minimum absolute atomic E-state index is 0.109. The summed E-state index contributed by atoms with van der Waals surface area (Å²) >= 11 is 0. The first-order chi connectivity index (χ1) is 17.0. The van der Waals surface area contributed by atoms with Crippen LogP contribution in [0.3, 0.4) is 0 Å². The molecule has 4 rings (SSSR count). The van der Waals surface area contributed by atoms with E-state index in [0.717, 1.165) is 30.9 Å². The van der Waals surface area contributed by atoms with Crippen molar-refractivity contribution in [2.24, 2.45) is 0 Å². The van der Waals surface area contributed by atoms with Gasteiger partial charge in [0.05, 0.1) is 39.9 Å². The molecule has 35 heavy (non-hydrogen) atoms. The van der Waals surface area contributed by atoms with Crippen LogP contribution in [0.15, 0.2) is 36.4 Å². The van der Waals surface area contributed by atoms with Crippen LogP contribution < -0.4 is 19.5 Å². The molecule has 1 aliphatic rings. The van der Waals surface area contributed by atoms with Gasteiger partial charge in [0.2, 0.25) is 5.91 Å². The van der Waals surface area contributed by atoms with E-state index < -0.39 is 0 Å². The van der Waals surface area contributed by atoms with Crippen molar-refractivity contribution in [2.45, 2.75) is 32.5 Å². The lowest BCUT2D eigenvalue weighted by atomic mass is 10.1. The van der Waals surface area contributed by atoms with Gasteiger partial charge < -0.3 is 24.1 Å². The summed E-state index contributed by atoms with van der Waals surface area (Å²) < 4.78 is 32.0. The molecule has 0 aliphatic carbocycles. The van der Waals surface area contributed by atoms with E-state index in [4.69, 9.17) is 14.2 Å². The fraction of sp³-hybridized carbons (Fsp3) is 0.400. The third kappa shape index (κ3) is 5.89. The lowest BCUT2D eigenvalue weighted by Gasteiger charge is -2.23. The Balaban J connectivity index is 1.38. The smallest absolute Gasteiger partial charge is 0.224 e. The molecular formula is C25H30FN5O4. The van der Waals surface area contributed by atoms with Crippen molar-refractivity contribution in [3.63, 3.8) is 0 Å². The lowest BCUT2D eigenvalue weighted by Crippen LogP contribution is -2.28. The average molecular weight is 484 g/mol. The maximum Gasteiger partial charge on any atom is 0.224 e. The van der Waals surface area contributed by atoms with Gasteiger partial charge in [0.1, 0.15) is 28.9 Å². The van der Waals surface area contributed by atoms with Crippen LogP contribution in [0.25, 0.3) is 0 Å². The number of benzene rings is 2. The summed E-state index contributed by atoms with van der Waals surface area (Å²) in [6.07, 6.45) is 0.836.